The number of rotatable bonds is 10. The number of nitrogens with zero attached hydrogens (tertiary/aromatic N) is 3. The van der Waals surface area contributed by atoms with Crippen molar-refractivity contribution in [3.8, 4) is 0 Å². The molecule has 0 saturated carbocycles. The number of hydrogen-bond donors (Lipinski definition) is 3. The highest BCUT2D eigenvalue weighted by Gasteiger charge is 2.06. The molecule has 0 saturated heterocycles. The first kappa shape index (κ1) is 26.6. The Morgan fingerprint density at radius 3 is 2.70 bits per heavy atom. The van der Waals surface area contributed by atoms with Crippen LogP contribution in [-0.2, 0) is 17.9 Å². The number of imidazole rings is 1. The van der Waals surface area contributed by atoms with Crippen molar-refractivity contribution < 1.29 is 4.79 Å². The largest absolute Gasteiger partial charge is 0.357 e. The van der Waals surface area contributed by atoms with Crippen molar-refractivity contribution in [2.24, 2.45) is 4.99 Å². The zero-order valence-electron chi connectivity index (χ0n) is 19.7. The number of carbonyl (C=O) groups excluding carboxylic acids is 1. The molecule has 2 aromatic carbocycles. The number of para-hydroxylation sites is 2. The number of anilines is 1. The van der Waals surface area contributed by atoms with E-state index in [1.807, 2.05) is 37.3 Å². The molecule has 0 aliphatic rings. The van der Waals surface area contributed by atoms with Gasteiger partial charge in [0, 0.05) is 31.7 Å². The van der Waals surface area contributed by atoms with Crippen LogP contribution in [0.2, 0.25) is 0 Å². The molecule has 7 nitrogen and oxygen atoms in total. The van der Waals surface area contributed by atoms with Crippen LogP contribution < -0.4 is 16.0 Å². The van der Waals surface area contributed by atoms with Crippen molar-refractivity contribution in [3.05, 3.63) is 59.9 Å². The quantitative estimate of drug-likeness (QED) is 0.143. The standard InChI is InChI=1S/C25H34N6O.HI/c1-4-10-24(32)30-21-12-8-11-20(17-21)18-28-25(26-5-2)27-15-9-16-31-19(3)29-22-13-6-7-14-23(22)31;/h6-8,11-14,17H,4-5,9-10,15-16,18H2,1-3H3,(H,30,32)(H2,26,27,28);1H. The van der Waals surface area contributed by atoms with Crippen LogP contribution in [0.4, 0.5) is 5.69 Å². The second-order valence-electron chi connectivity index (χ2n) is 7.77. The van der Waals surface area contributed by atoms with Gasteiger partial charge in [0.05, 0.1) is 17.6 Å². The number of benzene rings is 2. The molecule has 0 atom stereocenters. The van der Waals surface area contributed by atoms with Crippen molar-refractivity contribution in [2.45, 2.75) is 53.1 Å². The number of nitrogens with one attached hydrogen (secondary N) is 3. The highest BCUT2D eigenvalue weighted by atomic mass is 127. The molecule has 1 amide bonds. The van der Waals surface area contributed by atoms with E-state index in [4.69, 9.17) is 4.99 Å². The second kappa shape index (κ2) is 13.8. The summed E-state index contributed by atoms with van der Waals surface area (Å²) in [4.78, 5) is 21.2. The average Bonchev–Trinajstić information content (AvgIpc) is 3.10. The maximum atomic E-state index is 11.8. The Balaban J connectivity index is 0.00000385. The third kappa shape index (κ3) is 8.03. The first-order chi connectivity index (χ1) is 15.6. The molecule has 3 N–H and O–H groups in total. The van der Waals surface area contributed by atoms with E-state index >= 15 is 0 Å². The Hall–Kier alpha value is -2.62. The summed E-state index contributed by atoms with van der Waals surface area (Å²) in [6.45, 7) is 9.16. The molecule has 0 unspecified atom stereocenters. The minimum Gasteiger partial charge on any atom is -0.357 e. The smallest absolute Gasteiger partial charge is 0.224 e. The summed E-state index contributed by atoms with van der Waals surface area (Å²) in [5.74, 6) is 1.88. The van der Waals surface area contributed by atoms with Crippen molar-refractivity contribution in [3.63, 3.8) is 0 Å². The first-order valence-electron chi connectivity index (χ1n) is 11.4. The van der Waals surface area contributed by atoms with Gasteiger partial charge in [-0.05, 0) is 56.5 Å². The lowest BCUT2D eigenvalue weighted by Crippen LogP contribution is -2.38. The van der Waals surface area contributed by atoms with E-state index in [1.54, 1.807) is 0 Å². The van der Waals surface area contributed by atoms with Gasteiger partial charge in [-0.15, -0.1) is 24.0 Å². The fraction of sp³-hybridized carbons (Fsp3) is 0.400. The van der Waals surface area contributed by atoms with Crippen LogP contribution in [-0.4, -0.2) is 34.5 Å². The second-order valence-corrected chi connectivity index (χ2v) is 7.77. The SMILES string of the molecule is CCCC(=O)Nc1cccc(CN=C(NCC)NCCCn2c(C)nc3ccccc32)c1.I. The van der Waals surface area contributed by atoms with Gasteiger partial charge in [0.15, 0.2) is 5.96 Å². The van der Waals surface area contributed by atoms with E-state index in [0.717, 1.165) is 61.0 Å². The fourth-order valence-electron chi connectivity index (χ4n) is 3.63. The third-order valence-electron chi connectivity index (χ3n) is 5.15. The lowest BCUT2D eigenvalue weighted by Gasteiger charge is -2.12. The predicted molar refractivity (Wildman–Crippen MR) is 147 cm³/mol. The Morgan fingerprint density at radius 2 is 1.91 bits per heavy atom. The molecule has 1 heterocycles. The minimum atomic E-state index is 0. The van der Waals surface area contributed by atoms with E-state index in [0.29, 0.717) is 13.0 Å². The first-order valence-corrected chi connectivity index (χ1v) is 11.4. The number of halogens is 1. The van der Waals surface area contributed by atoms with Gasteiger partial charge in [0.2, 0.25) is 5.91 Å². The fourth-order valence-corrected chi connectivity index (χ4v) is 3.63. The summed E-state index contributed by atoms with van der Waals surface area (Å²) in [6, 6.07) is 16.1. The lowest BCUT2D eigenvalue weighted by atomic mass is 10.2. The third-order valence-corrected chi connectivity index (χ3v) is 5.15. The number of aliphatic imine (C=N–C) groups is 1. The van der Waals surface area contributed by atoms with Gasteiger partial charge in [-0.3, -0.25) is 4.79 Å². The highest BCUT2D eigenvalue weighted by Crippen LogP contribution is 2.15. The molecular weight excluding hydrogens is 527 g/mol. The zero-order chi connectivity index (χ0) is 22.8. The molecular formula is C25H35IN6O. The molecule has 0 fully saturated rings. The lowest BCUT2D eigenvalue weighted by molar-refractivity contribution is -0.116. The van der Waals surface area contributed by atoms with E-state index in [1.165, 1.54) is 5.52 Å². The van der Waals surface area contributed by atoms with E-state index < -0.39 is 0 Å². The molecule has 0 bridgehead atoms. The Kier molecular flexibility index (Phi) is 11.2. The van der Waals surface area contributed by atoms with Crippen LogP contribution in [0.1, 0.15) is 44.5 Å². The number of amides is 1. The Bertz CT molecular complexity index is 1060. The van der Waals surface area contributed by atoms with Gasteiger partial charge in [-0.2, -0.15) is 0 Å². The zero-order valence-corrected chi connectivity index (χ0v) is 22.1. The minimum absolute atomic E-state index is 0. The molecule has 178 valence electrons. The van der Waals surface area contributed by atoms with Crippen LogP contribution >= 0.6 is 24.0 Å². The molecule has 3 rings (SSSR count). The molecule has 3 aromatic rings. The van der Waals surface area contributed by atoms with Crippen LogP contribution in [0, 0.1) is 6.92 Å². The maximum absolute atomic E-state index is 11.8. The summed E-state index contributed by atoms with van der Waals surface area (Å²) >= 11 is 0. The van der Waals surface area contributed by atoms with Crippen LogP contribution in [0.25, 0.3) is 11.0 Å². The van der Waals surface area contributed by atoms with Crippen molar-refractivity contribution in [2.75, 3.05) is 18.4 Å². The van der Waals surface area contributed by atoms with Gasteiger partial charge in [0.1, 0.15) is 5.82 Å². The van der Waals surface area contributed by atoms with E-state index in [2.05, 4.69) is 57.5 Å². The monoisotopic (exact) mass is 562 g/mol. The molecule has 0 radical (unpaired) electrons. The number of aryl methyl sites for hydroxylation is 2. The topological polar surface area (TPSA) is 83.3 Å². The van der Waals surface area contributed by atoms with Crippen LogP contribution in [0.5, 0.6) is 0 Å². The average molecular weight is 563 g/mol. The van der Waals surface area contributed by atoms with Crippen LogP contribution in [0.3, 0.4) is 0 Å². The summed E-state index contributed by atoms with van der Waals surface area (Å²) in [5, 5.41) is 9.66. The maximum Gasteiger partial charge on any atom is 0.224 e. The normalized spacial score (nSPS) is 11.2. The molecule has 8 heteroatoms. The van der Waals surface area contributed by atoms with Gasteiger partial charge in [-0.1, -0.05) is 31.2 Å². The van der Waals surface area contributed by atoms with E-state index in [9.17, 15) is 4.79 Å². The predicted octanol–water partition coefficient (Wildman–Crippen LogP) is 4.85. The number of fused-ring (bicyclic) bond motifs is 1. The molecule has 0 aliphatic heterocycles. The molecule has 0 spiro atoms. The van der Waals surface area contributed by atoms with Crippen molar-refractivity contribution >= 4 is 52.6 Å². The Morgan fingerprint density at radius 1 is 1.09 bits per heavy atom. The molecule has 0 aliphatic carbocycles. The Labute approximate surface area is 213 Å². The number of guanidine groups is 1. The van der Waals surface area contributed by atoms with E-state index in [-0.39, 0.29) is 29.9 Å². The van der Waals surface area contributed by atoms with Crippen LogP contribution in [0.15, 0.2) is 53.5 Å². The summed E-state index contributed by atoms with van der Waals surface area (Å²) < 4.78 is 2.26. The summed E-state index contributed by atoms with van der Waals surface area (Å²) in [5.41, 5.74) is 4.09. The number of carbonyl (C=O) groups is 1. The molecule has 33 heavy (non-hydrogen) atoms. The van der Waals surface area contributed by atoms with Crippen molar-refractivity contribution in [1.82, 2.24) is 20.2 Å². The van der Waals surface area contributed by atoms with Gasteiger partial charge in [-0.25, -0.2) is 9.98 Å². The number of hydrogen-bond acceptors (Lipinski definition) is 3. The van der Waals surface area contributed by atoms with Gasteiger partial charge >= 0.3 is 0 Å². The van der Waals surface area contributed by atoms with Crippen molar-refractivity contribution in [1.29, 1.82) is 0 Å². The number of aromatic nitrogens is 2. The van der Waals surface area contributed by atoms with Gasteiger partial charge in [0.25, 0.3) is 0 Å². The summed E-state index contributed by atoms with van der Waals surface area (Å²) in [7, 11) is 0. The summed E-state index contributed by atoms with van der Waals surface area (Å²) in [6.07, 6.45) is 2.33. The van der Waals surface area contributed by atoms with Gasteiger partial charge < -0.3 is 20.5 Å². The molecule has 1 aromatic heterocycles. The highest BCUT2D eigenvalue weighted by molar-refractivity contribution is 14.0.